The second-order valence-electron chi connectivity index (χ2n) is 7.89. The van der Waals surface area contributed by atoms with Crippen LogP contribution < -0.4 is 0 Å². The molecular weight excluding hydrogens is 350 g/mol. The number of aromatic hydroxyl groups is 1. The molecule has 0 bridgehead atoms. The topological polar surface area (TPSA) is 49.8 Å². The normalized spacial score (nSPS) is 21.1. The third-order valence-corrected chi connectivity index (χ3v) is 5.46. The molecule has 3 rings (SSSR count). The predicted molar refractivity (Wildman–Crippen MR) is 113 cm³/mol. The Morgan fingerprint density at radius 1 is 1.21 bits per heavy atom. The molecule has 148 valence electrons. The lowest BCUT2D eigenvalue weighted by molar-refractivity contribution is 0.0600. The Kier molecular flexibility index (Phi) is 6.53. The largest absolute Gasteiger partial charge is 0.508 e. The zero-order valence-corrected chi connectivity index (χ0v) is 16.9. The third kappa shape index (κ3) is 5.02. The van der Waals surface area contributed by atoms with Gasteiger partial charge in [-0.3, -0.25) is 0 Å². The van der Waals surface area contributed by atoms with E-state index in [9.17, 15) is 9.90 Å². The molecule has 2 aromatic carbocycles. The van der Waals surface area contributed by atoms with Gasteiger partial charge in [-0.15, -0.1) is 0 Å². The summed E-state index contributed by atoms with van der Waals surface area (Å²) in [6.45, 7) is 1.03. The maximum absolute atomic E-state index is 11.8. The molecule has 1 N–H and O–H groups in total. The average Bonchev–Trinajstić information content (AvgIpc) is 2.68. The van der Waals surface area contributed by atoms with Gasteiger partial charge in [0.25, 0.3) is 0 Å². The molecule has 0 amide bonds. The minimum atomic E-state index is -0.312. The molecule has 0 radical (unpaired) electrons. The van der Waals surface area contributed by atoms with Gasteiger partial charge in [0.05, 0.1) is 12.7 Å². The van der Waals surface area contributed by atoms with Crippen LogP contribution in [0.3, 0.4) is 0 Å². The first-order chi connectivity index (χ1) is 13.5. The fourth-order valence-corrected chi connectivity index (χ4v) is 4.20. The van der Waals surface area contributed by atoms with E-state index in [1.165, 1.54) is 18.2 Å². The molecule has 0 saturated heterocycles. The Labute approximate surface area is 167 Å². The SMILES string of the molecule is COC(=O)c1cccc(/C=C2\CC[C@H](CN(C)C)[C@H](c3cccc(O)c3)C2)c1. The lowest BCUT2D eigenvalue weighted by Crippen LogP contribution is -2.29. The van der Waals surface area contributed by atoms with E-state index in [0.29, 0.717) is 23.1 Å². The Balaban J connectivity index is 1.86. The summed E-state index contributed by atoms with van der Waals surface area (Å²) in [7, 11) is 5.63. The molecule has 0 heterocycles. The number of phenols is 1. The van der Waals surface area contributed by atoms with Gasteiger partial charge in [-0.25, -0.2) is 4.79 Å². The first kappa shape index (κ1) is 20.2. The summed E-state index contributed by atoms with van der Waals surface area (Å²) in [5, 5.41) is 9.95. The van der Waals surface area contributed by atoms with Crippen LogP contribution >= 0.6 is 0 Å². The molecule has 2 aromatic rings. The van der Waals surface area contributed by atoms with E-state index >= 15 is 0 Å². The van der Waals surface area contributed by atoms with Crippen molar-refractivity contribution in [1.29, 1.82) is 0 Å². The fourth-order valence-electron chi connectivity index (χ4n) is 4.20. The van der Waals surface area contributed by atoms with Crippen molar-refractivity contribution in [2.75, 3.05) is 27.7 Å². The zero-order chi connectivity index (χ0) is 20.1. The number of esters is 1. The van der Waals surface area contributed by atoms with Gasteiger partial charge >= 0.3 is 5.97 Å². The van der Waals surface area contributed by atoms with Crippen LogP contribution in [-0.4, -0.2) is 43.7 Å². The highest BCUT2D eigenvalue weighted by Gasteiger charge is 2.29. The van der Waals surface area contributed by atoms with E-state index < -0.39 is 0 Å². The quantitative estimate of drug-likeness (QED) is 0.765. The second kappa shape index (κ2) is 9.07. The molecule has 2 atom stereocenters. The number of nitrogens with zero attached hydrogens (tertiary/aromatic N) is 1. The molecule has 4 nitrogen and oxygen atoms in total. The maximum atomic E-state index is 11.8. The lowest BCUT2D eigenvalue weighted by Gasteiger charge is -2.35. The van der Waals surface area contributed by atoms with Crippen LogP contribution in [0.4, 0.5) is 0 Å². The van der Waals surface area contributed by atoms with Crippen LogP contribution in [0.5, 0.6) is 5.75 Å². The van der Waals surface area contributed by atoms with Gasteiger partial charge in [0.1, 0.15) is 5.75 Å². The van der Waals surface area contributed by atoms with Crippen molar-refractivity contribution >= 4 is 12.0 Å². The van der Waals surface area contributed by atoms with E-state index in [2.05, 4.69) is 31.1 Å². The van der Waals surface area contributed by atoms with E-state index in [-0.39, 0.29) is 5.97 Å². The van der Waals surface area contributed by atoms with Gasteiger partial charge in [0.2, 0.25) is 0 Å². The molecule has 0 aromatic heterocycles. The van der Waals surface area contributed by atoms with Gasteiger partial charge in [0.15, 0.2) is 0 Å². The van der Waals surface area contributed by atoms with Crippen LogP contribution in [0.25, 0.3) is 6.08 Å². The monoisotopic (exact) mass is 379 g/mol. The molecular formula is C24H29NO3. The minimum Gasteiger partial charge on any atom is -0.508 e. The number of rotatable bonds is 5. The molecule has 0 spiro atoms. The van der Waals surface area contributed by atoms with Crippen LogP contribution in [0.1, 0.15) is 46.7 Å². The number of phenolic OH excluding ortho intramolecular Hbond substituents is 1. The third-order valence-electron chi connectivity index (χ3n) is 5.46. The van der Waals surface area contributed by atoms with Crippen LogP contribution in [-0.2, 0) is 4.74 Å². The first-order valence-corrected chi connectivity index (χ1v) is 9.77. The minimum absolute atomic E-state index is 0.312. The summed E-state index contributed by atoms with van der Waals surface area (Å²) >= 11 is 0. The summed E-state index contributed by atoms with van der Waals surface area (Å²) in [4.78, 5) is 14.0. The summed E-state index contributed by atoms with van der Waals surface area (Å²) in [5.41, 5.74) is 4.17. The van der Waals surface area contributed by atoms with Gasteiger partial charge < -0.3 is 14.7 Å². The molecule has 1 aliphatic carbocycles. The molecule has 1 fully saturated rings. The van der Waals surface area contributed by atoms with Crippen molar-refractivity contribution < 1.29 is 14.6 Å². The molecule has 1 saturated carbocycles. The zero-order valence-electron chi connectivity index (χ0n) is 16.9. The highest BCUT2D eigenvalue weighted by molar-refractivity contribution is 5.90. The van der Waals surface area contributed by atoms with E-state index in [4.69, 9.17) is 4.74 Å². The Bertz CT molecular complexity index is 856. The number of carbonyl (C=O) groups is 1. The molecule has 4 heteroatoms. The standard InChI is InChI=1S/C24H29NO3/c1-25(2)16-21-11-10-18(14-23(21)19-7-5-9-22(26)15-19)12-17-6-4-8-20(13-17)24(27)28-3/h4-9,12-13,15,21,23,26H,10-11,14,16H2,1-3H3/b18-12+/t21-,23+/m1/s1. The number of methoxy groups -OCH3 is 1. The average molecular weight is 380 g/mol. The van der Waals surface area contributed by atoms with E-state index in [1.54, 1.807) is 12.1 Å². The highest BCUT2D eigenvalue weighted by Crippen LogP contribution is 2.42. The molecule has 0 aliphatic heterocycles. The lowest BCUT2D eigenvalue weighted by atomic mass is 9.73. The van der Waals surface area contributed by atoms with Crippen molar-refractivity contribution in [3.8, 4) is 5.75 Å². The summed E-state index contributed by atoms with van der Waals surface area (Å²) < 4.78 is 4.83. The van der Waals surface area contributed by atoms with Gasteiger partial charge in [-0.2, -0.15) is 0 Å². The van der Waals surface area contributed by atoms with Crippen molar-refractivity contribution in [3.63, 3.8) is 0 Å². The van der Waals surface area contributed by atoms with Crippen molar-refractivity contribution in [3.05, 3.63) is 70.8 Å². The second-order valence-corrected chi connectivity index (χ2v) is 7.89. The molecule has 28 heavy (non-hydrogen) atoms. The van der Waals surface area contributed by atoms with Crippen molar-refractivity contribution in [1.82, 2.24) is 4.90 Å². The van der Waals surface area contributed by atoms with Gasteiger partial charge in [0, 0.05) is 6.54 Å². The van der Waals surface area contributed by atoms with E-state index in [0.717, 1.165) is 31.4 Å². The number of hydrogen-bond acceptors (Lipinski definition) is 4. The Hall–Kier alpha value is -2.59. The summed E-state index contributed by atoms with van der Waals surface area (Å²) in [6.07, 6.45) is 5.33. The summed E-state index contributed by atoms with van der Waals surface area (Å²) in [6, 6.07) is 15.2. The smallest absolute Gasteiger partial charge is 0.337 e. The van der Waals surface area contributed by atoms with Crippen molar-refractivity contribution in [2.45, 2.75) is 25.2 Å². The Morgan fingerprint density at radius 3 is 2.71 bits per heavy atom. The van der Waals surface area contributed by atoms with Crippen LogP contribution in [0.2, 0.25) is 0 Å². The highest BCUT2D eigenvalue weighted by atomic mass is 16.5. The molecule has 1 aliphatic rings. The number of allylic oxidation sites excluding steroid dienone is 1. The van der Waals surface area contributed by atoms with Gasteiger partial charge in [-0.05, 0) is 80.6 Å². The number of ether oxygens (including phenoxy) is 1. The van der Waals surface area contributed by atoms with Crippen molar-refractivity contribution in [2.24, 2.45) is 5.92 Å². The predicted octanol–water partition coefficient (Wildman–Crippen LogP) is 4.71. The fraction of sp³-hybridized carbons (Fsp3) is 0.375. The number of carbonyl (C=O) groups excluding carboxylic acids is 1. The molecule has 0 unspecified atom stereocenters. The van der Waals surface area contributed by atoms with E-state index in [1.807, 2.05) is 30.3 Å². The van der Waals surface area contributed by atoms with Crippen LogP contribution in [0, 0.1) is 5.92 Å². The first-order valence-electron chi connectivity index (χ1n) is 9.77. The Morgan fingerprint density at radius 2 is 2.00 bits per heavy atom. The van der Waals surface area contributed by atoms with Gasteiger partial charge in [-0.1, -0.05) is 35.9 Å². The summed E-state index contributed by atoms with van der Waals surface area (Å²) in [5.74, 6) is 0.934. The number of hydrogen-bond donors (Lipinski definition) is 1. The van der Waals surface area contributed by atoms with Crippen LogP contribution in [0.15, 0.2) is 54.1 Å². The maximum Gasteiger partial charge on any atom is 0.337 e. The number of benzene rings is 2.